The Balaban J connectivity index is 0.986. The Morgan fingerprint density at radius 1 is 0.293 bits per heavy atom. The minimum Gasteiger partial charge on any atom is -0.308 e. The molecule has 0 unspecified atom stereocenters. The number of rotatable bonds is 10. The van der Waals surface area contributed by atoms with Crippen LogP contribution in [-0.4, -0.2) is 8.07 Å². The molecule has 0 bridgehead atoms. The van der Waals surface area contributed by atoms with Crippen molar-refractivity contribution >= 4 is 74.1 Å². The van der Waals surface area contributed by atoms with E-state index in [2.05, 4.69) is 120 Å². The molecule has 0 amide bonds. The van der Waals surface area contributed by atoms with Crippen molar-refractivity contribution in [1.82, 2.24) is 0 Å². The number of anilines is 6. The summed E-state index contributed by atoms with van der Waals surface area (Å²) in [6, 6.07) is 90.8. The Morgan fingerprint density at radius 2 is 0.733 bits per heavy atom. The van der Waals surface area contributed by atoms with Crippen molar-refractivity contribution in [3.8, 4) is 55.6 Å². The molecule has 0 aromatic heterocycles. The van der Waals surface area contributed by atoms with Gasteiger partial charge in [-0.05, 0) is 155 Å². The molecule has 12 aromatic rings. The highest BCUT2D eigenvalue weighted by molar-refractivity contribution is 7.03. The summed E-state index contributed by atoms with van der Waals surface area (Å²) in [5.41, 5.74) is 13.4. The van der Waals surface area contributed by atoms with E-state index in [-0.39, 0.29) is 11.6 Å². The van der Waals surface area contributed by atoms with Crippen LogP contribution in [0.15, 0.2) is 267 Å². The molecule has 5 heteroatoms. The molecule has 1 heterocycles. The lowest BCUT2D eigenvalue weighted by Gasteiger charge is -2.36. The predicted octanol–water partition coefficient (Wildman–Crippen LogP) is 18.7. The average molecular weight is 985 g/mol. The van der Waals surface area contributed by atoms with E-state index in [0.717, 1.165) is 72.3 Å². The first-order valence-corrected chi connectivity index (χ1v) is 28.5. The van der Waals surface area contributed by atoms with Crippen molar-refractivity contribution < 1.29 is 8.78 Å². The summed E-state index contributed by atoms with van der Waals surface area (Å²) in [6.45, 7) is 4.88. The fourth-order valence-electron chi connectivity index (χ4n) is 11.4. The molecule has 0 saturated carbocycles. The van der Waals surface area contributed by atoms with E-state index in [1.807, 2.05) is 170 Å². The SMILES string of the molecule is C[Si]1(C)c2cc(N(c3ccccc3)c3cc(-c4ccccc4)cc(-c4ccccc4)c3F)ccc2-c2cc3ccc(N(c4ccccc4)c4cc(-c5ccccc5)cc(-c5ccccc5)c4F)cc3c3cccc1c23. The largest absolute Gasteiger partial charge is 0.308 e. The summed E-state index contributed by atoms with van der Waals surface area (Å²) in [5, 5.41) is 7.23. The van der Waals surface area contributed by atoms with Gasteiger partial charge in [-0.2, -0.15) is 0 Å². The summed E-state index contributed by atoms with van der Waals surface area (Å²) >= 11 is 0. The number of benzene rings is 12. The molecule has 0 radical (unpaired) electrons. The third-order valence-electron chi connectivity index (χ3n) is 15.1. The number of fused-ring (bicyclic) bond motifs is 4. The molecule has 358 valence electrons. The Hall–Kier alpha value is -9.16. The van der Waals surface area contributed by atoms with Gasteiger partial charge in [0, 0.05) is 33.9 Å². The minimum absolute atomic E-state index is 0.283. The third kappa shape index (κ3) is 8.00. The Morgan fingerprint density at radius 3 is 1.23 bits per heavy atom. The lowest BCUT2D eigenvalue weighted by molar-refractivity contribution is 0.632. The van der Waals surface area contributed by atoms with Crippen molar-refractivity contribution in [3.05, 3.63) is 279 Å². The minimum atomic E-state index is -2.48. The number of para-hydroxylation sites is 2. The van der Waals surface area contributed by atoms with E-state index in [1.54, 1.807) is 0 Å². The molecule has 2 nitrogen and oxygen atoms in total. The number of nitrogens with zero attached hydrogens (tertiary/aromatic N) is 2. The van der Waals surface area contributed by atoms with Crippen LogP contribution >= 0.6 is 0 Å². The smallest absolute Gasteiger partial charge is 0.155 e. The first-order valence-electron chi connectivity index (χ1n) is 25.5. The zero-order chi connectivity index (χ0) is 50.6. The van der Waals surface area contributed by atoms with Gasteiger partial charge in [-0.15, -0.1) is 0 Å². The van der Waals surface area contributed by atoms with Crippen LogP contribution in [0.3, 0.4) is 0 Å². The van der Waals surface area contributed by atoms with Gasteiger partial charge in [0.2, 0.25) is 0 Å². The van der Waals surface area contributed by atoms with E-state index < -0.39 is 8.07 Å². The topological polar surface area (TPSA) is 6.48 Å². The maximum Gasteiger partial charge on any atom is 0.155 e. The monoisotopic (exact) mass is 984 g/mol. The normalized spacial score (nSPS) is 12.4. The lowest BCUT2D eigenvalue weighted by Crippen LogP contribution is -2.56. The van der Waals surface area contributed by atoms with E-state index in [9.17, 15) is 0 Å². The van der Waals surface area contributed by atoms with Gasteiger partial charge >= 0.3 is 0 Å². The average Bonchev–Trinajstić information content (AvgIpc) is 3.53. The Labute approximate surface area is 437 Å². The Bertz CT molecular complexity index is 4090. The van der Waals surface area contributed by atoms with Crippen molar-refractivity contribution in [1.29, 1.82) is 0 Å². The second kappa shape index (κ2) is 18.7. The number of hydrogen-bond acceptors (Lipinski definition) is 2. The quantitative estimate of drug-likeness (QED) is 0.0995. The van der Waals surface area contributed by atoms with Gasteiger partial charge < -0.3 is 9.80 Å². The van der Waals surface area contributed by atoms with Gasteiger partial charge in [-0.3, -0.25) is 0 Å². The molecule has 0 saturated heterocycles. The van der Waals surface area contributed by atoms with Gasteiger partial charge in [0.25, 0.3) is 0 Å². The molecule has 0 atom stereocenters. The van der Waals surface area contributed by atoms with E-state index in [0.29, 0.717) is 22.5 Å². The highest BCUT2D eigenvalue weighted by atomic mass is 28.3. The summed E-state index contributed by atoms with van der Waals surface area (Å²) in [4.78, 5) is 4.16. The molecular weight excluding hydrogens is 935 g/mol. The molecular formula is C70H50F2N2Si. The van der Waals surface area contributed by atoms with Crippen LogP contribution in [0.4, 0.5) is 42.9 Å². The van der Waals surface area contributed by atoms with Crippen LogP contribution in [-0.2, 0) is 0 Å². The molecule has 75 heavy (non-hydrogen) atoms. The summed E-state index contributed by atoms with van der Waals surface area (Å²) in [7, 11) is -2.48. The fraction of sp³-hybridized carbons (Fsp3) is 0.0286. The maximum atomic E-state index is 17.7. The van der Waals surface area contributed by atoms with Crippen LogP contribution in [0.2, 0.25) is 13.1 Å². The Kier molecular flexibility index (Phi) is 11.4. The third-order valence-corrected chi connectivity index (χ3v) is 18.6. The standard InChI is InChI=1S/C70H50F2N2Si/c1-75(2)66-35-21-34-59-60-45-56(73(54-30-17-7-18-31-54)64-43-52(47-22-9-3-10-23-47)41-61(69(64)71)49-26-13-5-14-27-49)37-36-51(60)40-63(68(59)66)58-39-38-57(46-67(58)75)74(55-32-19-8-20-33-55)65-44-53(48-24-11-4-12-25-48)42-62(70(65)72)50-28-15-6-16-29-50/h3-46H,1-2H3. The lowest BCUT2D eigenvalue weighted by atomic mass is 9.91. The maximum absolute atomic E-state index is 17.7. The molecule has 1 aliphatic rings. The van der Waals surface area contributed by atoms with Crippen LogP contribution in [0.1, 0.15) is 0 Å². The fourth-order valence-corrected chi connectivity index (χ4v) is 14.5. The molecule has 0 fully saturated rings. The second-order valence-electron chi connectivity index (χ2n) is 19.9. The number of halogens is 2. The zero-order valence-electron chi connectivity index (χ0n) is 41.6. The first kappa shape index (κ1) is 45.7. The van der Waals surface area contributed by atoms with Crippen molar-refractivity contribution in [2.75, 3.05) is 9.80 Å². The summed E-state index contributed by atoms with van der Waals surface area (Å²) < 4.78 is 35.3. The van der Waals surface area contributed by atoms with E-state index in [4.69, 9.17) is 0 Å². The van der Waals surface area contributed by atoms with Crippen molar-refractivity contribution in [3.63, 3.8) is 0 Å². The molecule has 12 aromatic carbocycles. The molecule has 0 N–H and O–H groups in total. The van der Waals surface area contributed by atoms with Gasteiger partial charge in [0.15, 0.2) is 11.6 Å². The van der Waals surface area contributed by atoms with Crippen molar-refractivity contribution in [2.24, 2.45) is 0 Å². The van der Waals surface area contributed by atoms with Gasteiger partial charge in [-0.1, -0.05) is 201 Å². The second-order valence-corrected chi connectivity index (χ2v) is 24.3. The van der Waals surface area contributed by atoms with Crippen molar-refractivity contribution in [2.45, 2.75) is 13.1 Å². The molecule has 1 aliphatic heterocycles. The first-order chi connectivity index (χ1) is 36.8. The van der Waals surface area contributed by atoms with Crippen LogP contribution in [0, 0.1) is 11.6 Å². The summed E-state index contributed by atoms with van der Waals surface area (Å²) in [6.07, 6.45) is 0. The van der Waals surface area contributed by atoms with Crippen LogP contribution < -0.4 is 20.2 Å². The van der Waals surface area contributed by atoms with E-state index in [1.165, 1.54) is 26.9 Å². The molecule has 0 aliphatic carbocycles. The molecule has 13 rings (SSSR count). The highest BCUT2D eigenvalue weighted by Crippen LogP contribution is 2.47. The van der Waals surface area contributed by atoms with Gasteiger partial charge in [-0.25, -0.2) is 8.78 Å². The van der Waals surface area contributed by atoms with Gasteiger partial charge in [0.05, 0.1) is 11.4 Å². The van der Waals surface area contributed by atoms with Crippen LogP contribution in [0.5, 0.6) is 0 Å². The summed E-state index contributed by atoms with van der Waals surface area (Å²) in [5.74, 6) is -0.575. The highest BCUT2D eigenvalue weighted by Gasteiger charge is 2.37. The zero-order valence-corrected chi connectivity index (χ0v) is 42.6. The van der Waals surface area contributed by atoms with Crippen LogP contribution in [0.25, 0.3) is 77.2 Å². The molecule has 0 spiro atoms. The predicted molar refractivity (Wildman–Crippen MR) is 315 cm³/mol. The number of hydrogen-bond donors (Lipinski definition) is 0. The van der Waals surface area contributed by atoms with Gasteiger partial charge in [0.1, 0.15) is 8.07 Å². The van der Waals surface area contributed by atoms with E-state index >= 15 is 8.78 Å².